The van der Waals surface area contributed by atoms with Crippen LogP contribution in [0.5, 0.6) is 0 Å². The summed E-state index contributed by atoms with van der Waals surface area (Å²) in [7, 11) is 1.34. The number of methoxy groups -OCH3 is 1. The van der Waals surface area contributed by atoms with Crippen LogP contribution in [0.2, 0.25) is 0 Å². The summed E-state index contributed by atoms with van der Waals surface area (Å²) in [5.74, 6) is -0.432. The van der Waals surface area contributed by atoms with Gasteiger partial charge in [-0.15, -0.1) is 0 Å². The highest BCUT2D eigenvalue weighted by Crippen LogP contribution is 2.49. The minimum absolute atomic E-state index is 0.0196. The third kappa shape index (κ3) is 2.84. The molecule has 0 aromatic heterocycles. The monoisotopic (exact) mass is 309 g/mol. The van der Waals surface area contributed by atoms with E-state index >= 15 is 0 Å². The van der Waals surface area contributed by atoms with Crippen LogP contribution in [0, 0.1) is 6.92 Å². The second-order valence-electron chi connectivity index (χ2n) is 5.92. The molecule has 2 aromatic carbocycles. The number of anilines is 1. The number of carbonyl (C=O) groups excluding carboxylic acids is 2. The maximum absolute atomic E-state index is 12.8. The third-order valence-corrected chi connectivity index (χ3v) is 4.42. The zero-order chi connectivity index (χ0) is 16.4. The van der Waals surface area contributed by atoms with Crippen LogP contribution in [0.15, 0.2) is 48.5 Å². The second-order valence-corrected chi connectivity index (χ2v) is 5.92. The molecule has 0 aliphatic heterocycles. The van der Waals surface area contributed by atoms with Gasteiger partial charge in [0.15, 0.2) is 0 Å². The fraction of sp³-hybridized carbons (Fsp3) is 0.263. The highest BCUT2D eigenvalue weighted by atomic mass is 16.5. The highest BCUT2D eigenvalue weighted by Gasteiger charge is 2.51. The minimum atomic E-state index is -0.436. The minimum Gasteiger partial charge on any atom is -0.465 e. The van der Waals surface area contributed by atoms with Gasteiger partial charge in [0, 0.05) is 5.69 Å². The number of amides is 1. The van der Waals surface area contributed by atoms with Gasteiger partial charge in [-0.2, -0.15) is 0 Å². The molecule has 2 aromatic rings. The number of benzene rings is 2. The van der Waals surface area contributed by atoms with Gasteiger partial charge >= 0.3 is 5.97 Å². The van der Waals surface area contributed by atoms with Crippen molar-refractivity contribution in [3.05, 3.63) is 65.2 Å². The molecule has 118 valence electrons. The van der Waals surface area contributed by atoms with Crippen molar-refractivity contribution in [3.8, 4) is 0 Å². The molecule has 0 spiro atoms. The molecular formula is C19H19NO3. The molecule has 0 saturated heterocycles. The van der Waals surface area contributed by atoms with Gasteiger partial charge < -0.3 is 10.1 Å². The van der Waals surface area contributed by atoms with E-state index in [1.807, 2.05) is 43.3 Å². The van der Waals surface area contributed by atoms with Crippen molar-refractivity contribution in [1.82, 2.24) is 0 Å². The number of aryl methyl sites for hydroxylation is 1. The van der Waals surface area contributed by atoms with Crippen molar-refractivity contribution in [3.63, 3.8) is 0 Å². The molecule has 1 aliphatic rings. The summed E-state index contributed by atoms with van der Waals surface area (Å²) >= 11 is 0. The maximum atomic E-state index is 12.8. The molecule has 4 heteroatoms. The molecule has 3 rings (SSSR count). The number of esters is 1. The van der Waals surface area contributed by atoms with Crippen molar-refractivity contribution in [2.75, 3.05) is 12.4 Å². The Morgan fingerprint density at radius 3 is 2.39 bits per heavy atom. The average molecular weight is 309 g/mol. The van der Waals surface area contributed by atoms with Crippen molar-refractivity contribution in [2.45, 2.75) is 25.2 Å². The Kier molecular flexibility index (Phi) is 3.90. The van der Waals surface area contributed by atoms with Crippen molar-refractivity contribution < 1.29 is 14.3 Å². The summed E-state index contributed by atoms with van der Waals surface area (Å²) in [6.07, 6.45) is 1.69. The topological polar surface area (TPSA) is 55.4 Å². The Hall–Kier alpha value is -2.62. The Morgan fingerprint density at radius 2 is 1.78 bits per heavy atom. The van der Waals surface area contributed by atoms with Gasteiger partial charge in [0.2, 0.25) is 5.91 Å². The summed E-state index contributed by atoms with van der Waals surface area (Å²) < 4.78 is 4.73. The maximum Gasteiger partial charge on any atom is 0.337 e. The first-order valence-corrected chi connectivity index (χ1v) is 7.63. The van der Waals surface area contributed by atoms with E-state index in [4.69, 9.17) is 4.74 Å². The van der Waals surface area contributed by atoms with Crippen LogP contribution in [0.25, 0.3) is 0 Å². The predicted octanol–water partition coefficient (Wildman–Crippen LogP) is 3.45. The van der Waals surface area contributed by atoms with Crippen molar-refractivity contribution in [2.24, 2.45) is 0 Å². The van der Waals surface area contributed by atoms with E-state index in [2.05, 4.69) is 5.32 Å². The van der Waals surface area contributed by atoms with Crippen molar-refractivity contribution >= 4 is 17.6 Å². The second kappa shape index (κ2) is 5.88. The molecule has 0 atom stereocenters. The molecule has 0 heterocycles. The number of nitrogens with one attached hydrogen (secondary N) is 1. The molecule has 0 unspecified atom stereocenters. The SMILES string of the molecule is COC(=O)c1ccc(C)c(NC(=O)C2(c3ccccc3)CC2)c1. The first-order chi connectivity index (χ1) is 11.1. The lowest BCUT2D eigenvalue weighted by Crippen LogP contribution is -2.28. The Bertz CT molecular complexity index is 748. The normalized spacial score (nSPS) is 14.9. The van der Waals surface area contributed by atoms with E-state index in [0.29, 0.717) is 11.3 Å². The molecule has 0 bridgehead atoms. The Balaban J connectivity index is 1.85. The summed E-state index contributed by atoms with van der Waals surface area (Å²) in [6.45, 7) is 1.90. The molecule has 4 nitrogen and oxygen atoms in total. The lowest BCUT2D eigenvalue weighted by Gasteiger charge is -2.17. The zero-order valence-corrected chi connectivity index (χ0v) is 13.3. The fourth-order valence-electron chi connectivity index (χ4n) is 2.77. The first kappa shape index (κ1) is 15.3. The van der Waals surface area contributed by atoms with Crippen LogP contribution < -0.4 is 5.32 Å². The molecule has 1 aliphatic carbocycles. The quantitative estimate of drug-likeness (QED) is 0.880. The van der Waals surface area contributed by atoms with Crippen LogP contribution in [0.3, 0.4) is 0 Å². The van der Waals surface area contributed by atoms with Crippen LogP contribution in [0.1, 0.15) is 34.3 Å². The Labute approximate surface area is 135 Å². The standard InChI is InChI=1S/C19H19NO3/c1-13-8-9-14(17(21)23-2)12-16(13)20-18(22)19(10-11-19)15-6-4-3-5-7-15/h3-9,12H,10-11H2,1-2H3,(H,20,22). The van der Waals surface area contributed by atoms with Crippen LogP contribution in [-0.2, 0) is 14.9 Å². The molecular weight excluding hydrogens is 290 g/mol. The fourth-order valence-corrected chi connectivity index (χ4v) is 2.77. The van der Waals surface area contributed by atoms with E-state index in [-0.39, 0.29) is 5.91 Å². The van der Waals surface area contributed by atoms with E-state index in [0.717, 1.165) is 24.0 Å². The summed E-state index contributed by atoms with van der Waals surface area (Å²) in [5.41, 5.74) is 2.60. The molecule has 1 amide bonds. The van der Waals surface area contributed by atoms with Gasteiger partial charge in [0.05, 0.1) is 18.1 Å². The Morgan fingerprint density at radius 1 is 1.09 bits per heavy atom. The van der Waals surface area contributed by atoms with Gasteiger partial charge in [-0.3, -0.25) is 4.79 Å². The largest absolute Gasteiger partial charge is 0.465 e. The van der Waals surface area contributed by atoms with Crippen LogP contribution in [0.4, 0.5) is 5.69 Å². The number of hydrogen-bond donors (Lipinski definition) is 1. The van der Waals surface area contributed by atoms with E-state index in [1.165, 1.54) is 7.11 Å². The number of ether oxygens (including phenoxy) is 1. The van der Waals surface area contributed by atoms with Gasteiger partial charge in [-0.05, 0) is 43.0 Å². The van der Waals surface area contributed by atoms with Gasteiger partial charge in [-0.25, -0.2) is 4.79 Å². The van der Waals surface area contributed by atoms with E-state index in [9.17, 15) is 9.59 Å². The molecule has 0 radical (unpaired) electrons. The molecule has 1 fully saturated rings. The predicted molar refractivity (Wildman–Crippen MR) is 88.5 cm³/mol. The summed E-state index contributed by atoms with van der Waals surface area (Å²) in [4.78, 5) is 24.4. The molecule has 23 heavy (non-hydrogen) atoms. The lowest BCUT2D eigenvalue weighted by molar-refractivity contribution is -0.118. The number of carbonyl (C=O) groups is 2. The average Bonchev–Trinajstić information content (AvgIpc) is 3.39. The summed E-state index contributed by atoms with van der Waals surface area (Å²) in [5, 5.41) is 2.98. The zero-order valence-electron chi connectivity index (χ0n) is 13.3. The third-order valence-electron chi connectivity index (χ3n) is 4.42. The van der Waals surface area contributed by atoms with Gasteiger partial charge in [0.1, 0.15) is 0 Å². The first-order valence-electron chi connectivity index (χ1n) is 7.63. The van der Waals surface area contributed by atoms with E-state index < -0.39 is 11.4 Å². The molecule has 1 saturated carbocycles. The van der Waals surface area contributed by atoms with Gasteiger partial charge in [0.25, 0.3) is 0 Å². The smallest absolute Gasteiger partial charge is 0.337 e. The molecule has 1 N–H and O–H groups in total. The van der Waals surface area contributed by atoms with E-state index in [1.54, 1.807) is 12.1 Å². The van der Waals surface area contributed by atoms with Gasteiger partial charge in [-0.1, -0.05) is 36.4 Å². The van der Waals surface area contributed by atoms with Crippen LogP contribution in [-0.4, -0.2) is 19.0 Å². The number of hydrogen-bond acceptors (Lipinski definition) is 3. The lowest BCUT2D eigenvalue weighted by atomic mass is 9.94. The highest BCUT2D eigenvalue weighted by molar-refractivity contribution is 6.02. The summed E-state index contributed by atoms with van der Waals surface area (Å²) in [6, 6.07) is 15.0. The number of rotatable bonds is 4. The van der Waals surface area contributed by atoms with Crippen LogP contribution >= 0.6 is 0 Å². The van der Waals surface area contributed by atoms with Crippen molar-refractivity contribution in [1.29, 1.82) is 0 Å².